The van der Waals surface area contributed by atoms with Gasteiger partial charge in [-0.25, -0.2) is 10.8 Å². The molecule has 1 aromatic rings. The number of nitrogens with one attached hydrogen (secondary N) is 1. The second-order valence-electron chi connectivity index (χ2n) is 3.54. The quantitative estimate of drug-likeness (QED) is 0.387. The minimum atomic E-state index is -0.184. The highest BCUT2D eigenvalue weighted by Gasteiger charge is 2.15. The second-order valence-corrected chi connectivity index (χ2v) is 3.54. The van der Waals surface area contributed by atoms with Crippen molar-refractivity contribution in [3.05, 3.63) is 17.7 Å². The smallest absolute Gasteiger partial charge is 0.253 e. The molecule has 14 heavy (non-hydrogen) atoms. The Morgan fingerprint density at radius 1 is 1.57 bits per heavy atom. The molecule has 0 saturated carbocycles. The molecule has 1 amide bonds. The molecule has 76 valence electrons. The maximum Gasteiger partial charge on any atom is 0.253 e. The number of nitrogens with two attached hydrogens (primary N) is 1. The lowest BCUT2D eigenvalue weighted by Crippen LogP contribution is -2.33. The van der Waals surface area contributed by atoms with Gasteiger partial charge < -0.3 is 4.57 Å². The van der Waals surface area contributed by atoms with Gasteiger partial charge in [0, 0.05) is 5.69 Å². The van der Waals surface area contributed by atoms with Gasteiger partial charge in [0.2, 0.25) is 0 Å². The largest absolute Gasteiger partial charge is 0.325 e. The summed E-state index contributed by atoms with van der Waals surface area (Å²) in [7, 11) is 0. The van der Waals surface area contributed by atoms with Crippen LogP contribution in [-0.4, -0.2) is 15.5 Å². The fraction of sp³-hybridized carbons (Fsp3) is 0.556. The van der Waals surface area contributed by atoms with E-state index >= 15 is 0 Å². The van der Waals surface area contributed by atoms with Crippen LogP contribution in [0.3, 0.4) is 0 Å². The van der Waals surface area contributed by atoms with E-state index in [9.17, 15) is 4.79 Å². The van der Waals surface area contributed by atoms with Crippen molar-refractivity contribution in [3.63, 3.8) is 0 Å². The van der Waals surface area contributed by atoms with Crippen LogP contribution in [0.2, 0.25) is 0 Å². The summed E-state index contributed by atoms with van der Waals surface area (Å²) in [6, 6.07) is 0. The molecule has 5 nitrogen and oxygen atoms in total. The maximum atomic E-state index is 11.1. The van der Waals surface area contributed by atoms with E-state index in [1.807, 2.05) is 4.57 Å². The van der Waals surface area contributed by atoms with E-state index in [1.54, 1.807) is 6.33 Å². The van der Waals surface area contributed by atoms with Gasteiger partial charge in [-0.3, -0.25) is 10.2 Å². The fourth-order valence-electron chi connectivity index (χ4n) is 1.87. The molecule has 2 rings (SSSR count). The number of hydrogen-bond acceptors (Lipinski definition) is 3. The Bertz CT molecular complexity index is 345. The number of nitrogens with zero attached hydrogens (tertiary/aromatic N) is 2. The Labute approximate surface area is 82.3 Å². The van der Waals surface area contributed by atoms with Crippen molar-refractivity contribution in [1.82, 2.24) is 15.0 Å². The number of hydrazine groups is 1. The summed E-state index contributed by atoms with van der Waals surface area (Å²) in [6.07, 6.45) is 6.17. The summed E-state index contributed by atoms with van der Waals surface area (Å²) in [4.78, 5) is 15.4. The standard InChI is InChI=1S/C9H14N4O/c10-12-9(14)5-13-6-11-7-3-1-2-4-8(7)13/h6H,1-5,10H2,(H,12,14). The number of aryl methyl sites for hydroxylation is 1. The van der Waals surface area contributed by atoms with Gasteiger partial charge in [0.25, 0.3) is 5.91 Å². The van der Waals surface area contributed by atoms with Crippen molar-refractivity contribution in [2.75, 3.05) is 0 Å². The van der Waals surface area contributed by atoms with Crippen molar-refractivity contribution in [1.29, 1.82) is 0 Å². The first-order valence-corrected chi connectivity index (χ1v) is 4.83. The molecule has 0 unspecified atom stereocenters. The molecule has 0 radical (unpaired) electrons. The number of carbonyl (C=O) groups excluding carboxylic acids is 1. The van der Waals surface area contributed by atoms with Crippen molar-refractivity contribution < 1.29 is 4.79 Å². The predicted octanol–water partition coefficient (Wildman–Crippen LogP) is -0.248. The molecule has 0 atom stereocenters. The molecular formula is C9H14N4O. The van der Waals surface area contributed by atoms with Crippen LogP contribution in [-0.2, 0) is 24.2 Å². The highest BCUT2D eigenvalue weighted by Crippen LogP contribution is 2.19. The van der Waals surface area contributed by atoms with Crippen molar-refractivity contribution in [2.45, 2.75) is 32.2 Å². The van der Waals surface area contributed by atoms with E-state index in [1.165, 1.54) is 18.5 Å². The highest BCUT2D eigenvalue weighted by atomic mass is 16.2. The number of aromatic nitrogens is 2. The van der Waals surface area contributed by atoms with Gasteiger partial charge in [0.15, 0.2) is 0 Å². The number of amides is 1. The van der Waals surface area contributed by atoms with Crippen LogP contribution < -0.4 is 11.3 Å². The summed E-state index contributed by atoms with van der Waals surface area (Å²) >= 11 is 0. The van der Waals surface area contributed by atoms with E-state index in [-0.39, 0.29) is 12.5 Å². The van der Waals surface area contributed by atoms with Gasteiger partial charge in [0.1, 0.15) is 6.54 Å². The summed E-state index contributed by atoms with van der Waals surface area (Å²) in [5, 5.41) is 0. The lowest BCUT2D eigenvalue weighted by molar-refractivity contribution is -0.121. The Morgan fingerprint density at radius 3 is 3.14 bits per heavy atom. The number of rotatable bonds is 2. The first-order chi connectivity index (χ1) is 6.81. The summed E-state index contributed by atoms with van der Waals surface area (Å²) in [6.45, 7) is 0.277. The number of carbonyl (C=O) groups is 1. The molecule has 3 N–H and O–H groups in total. The first-order valence-electron chi connectivity index (χ1n) is 4.83. The first kappa shape index (κ1) is 9.21. The zero-order chi connectivity index (χ0) is 9.97. The molecule has 1 aliphatic rings. The molecule has 0 aromatic carbocycles. The average molecular weight is 194 g/mol. The molecule has 1 aliphatic carbocycles. The zero-order valence-corrected chi connectivity index (χ0v) is 7.99. The molecule has 0 saturated heterocycles. The van der Waals surface area contributed by atoms with E-state index in [4.69, 9.17) is 5.84 Å². The molecular weight excluding hydrogens is 180 g/mol. The van der Waals surface area contributed by atoms with E-state index in [2.05, 4.69) is 10.4 Å². The number of imidazole rings is 1. The van der Waals surface area contributed by atoms with Gasteiger partial charge in [0.05, 0.1) is 12.0 Å². The van der Waals surface area contributed by atoms with Gasteiger partial charge in [-0.2, -0.15) is 0 Å². The molecule has 0 spiro atoms. The Kier molecular flexibility index (Phi) is 2.49. The fourth-order valence-corrected chi connectivity index (χ4v) is 1.87. The van der Waals surface area contributed by atoms with Gasteiger partial charge in [-0.15, -0.1) is 0 Å². The third kappa shape index (κ3) is 1.63. The maximum absolute atomic E-state index is 11.1. The van der Waals surface area contributed by atoms with Crippen LogP contribution in [0, 0.1) is 0 Å². The number of hydrogen-bond donors (Lipinski definition) is 2. The van der Waals surface area contributed by atoms with Gasteiger partial charge in [-0.1, -0.05) is 0 Å². The van der Waals surface area contributed by atoms with Gasteiger partial charge in [-0.05, 0) is 25.7 Å². The van der Waals surface area contributed by atoms with Crippen LogP contribution in [0.4, 0.5) is 0 Å². The monoisotopic (exact) mass is 194 g/mol. The summed E-state index contributed by atoms with van der Waals surface area (Å²) in [5.41, 5.74) is 4.46. The van der Waals surface area contributed by atoms with Crippen molar-refractivity contribution in [3.8, 4) is 0 Å². The van der Waals surface area contributed by atoms with Gasteiger partial charge >= 0.3 is 0 Å². The normalized spacial score (nSPS) is 14.9. The third-order valence-electron chi connectivity index (χ3n) is 2.58. The van der Waals surface area contributed by atoms with Crippen LogP contribution in [0.1, 0.15) is 24.2 Å². The average Bonchev–Trinajstić information content (AvgIpc) is 2.62. The third-order valence-corrected chi connectivity index (χ3v) is 2.58. The molecule has 1 aromatic heterocycles. The van der Waals surface area contributed by atoms with Crippen LogP contribution >= 0.6 is 0 Å². The SMILES string of the molecule is NNC(=O)Cn1cnc2c1CCCC2. The highest BCUT2D eigenvalue weighted by molar-refractivity contribution is 5.75. The predicted molar refractivity (Wildman–Crippen MR) is 51.2 cm³/mol. The van der Waals surface area contributed by atoms with Crippen molar-refractivity contribution in [2.24, 2.45) is 5.84 Å². The van der Waals surface area contributed by atoms with Crippen LogP contribution in [0.5, 0.6) is 0 Å². The van der Waals surface area contributed by atoms with E-state index in [0.717, 1.165) is 18.5 Å². The lowest BCUT2D eigenvalue weighted by Gasteiger charge is -2.13. The van der Waals surface area contributed by atoms with Crippen molar-refractivity contribution >= 4 is 5.91 Å². The second kappa shape index (κ2) is 3.79. The molecule has 1 heterocycles. The molecule has 0 aliphatic heterocycles. The summed E-state index contributed by atoms with van der Waals surface area (Å²) < 4.78 is 1.89. The topological polar surface area (TPSA) is 72.9 Å². The lowest BCUT2D eigenvalue weighted by atomic mass is 10.0. The minimum Gasteiger partial charge on any atom is -0.325 e. The molecule has 0 bridgehead atoms. The Morgan fingerprint density at radius 2 is 2.36 bits per heavy atom. The number of fused-ring (bicyclic) bond motifs is 1. The molecule has 0 fully saturated rings. The van der Waals surface area contributed by atoms with E-state index in [0.29, 0.717) is 0 Å². The zero-order valence-electron chi connectivity index (χ0n) is 7.99. The van der Waals surface area contributed by atoms with E-state index < -0.39 is 0 Å². The van der Waals surface area contributed by atoms with Crippen LogP contribution in [0.15, 0.2) is 6.33 Å². The van der Waals surface area contributed by atoms with Crippen LogP contribution in [0.25, 0.3) is 0 Å². The Balaban J connectivity index is 2.18. The summed E-state index contributed by atoms with van der Waals surface area (Å²) in [5.74, 6) is 4.85. The Hall–Kier alpha value is -1.36. The molecule has 5 heteroatoms. The minimum absolute atomic E-state index is 0.184.